The summed E-state index contributed by atoms with van der Waals surface area (Å²) in [6.45, 7) is 0.979. The smallest absolute Gasteiger partial charge is 0.253 e. The molecule has 0 spiro atoms. The van der Waals surface area contributed by atoms with Crippen LogP contribution in [0.1, 0.15) is 18.9 Å². The summed E-state index contributed by atoms with van der Waals surface area (Å²) in [6, 6.07) is 12.5. The molecule has 1 unspecified atom stereocenters. The molecule has 0 fully saturated rings. The summed E-state index contributed by atoms with van der Waals surface area (Å²) in [5.41, 5.74) is 1.92. The maximum atomic E-state index is 13.4. The van der Waals surface area contributed by atoms with Crippen LogP contribution in [0.25, 0.3) is 11.0 Å². The monoisotopic (exact) mass is 396 g/mol. The number of ether oxygens (including phenoxy) is 1. The van der Waals surface area contributed by atoms with Gasteiger partial charge in [-0.25, -0.2) is 9.37 Å². The number of nitrogens with one attached hydrogen (secondary N) is 1. The first-order valence-corrected chi connectivity index (χ1v) is 9.41. The first kappa shape index (κ1) is 19.1. The zero-order chi connectivity index (χ0) is 20.4. The highest BCUT2D eigenvalue weighted by molar-refractivity contribution is 6.05. The lowest BCUT2D eigenvalue weighted by molar-refractivity contribution is -0.124. The Morgan fingerprint density at radius 3 is 2.86 bits per heavy atom. The Morgan fingerprint density at radius 1 is 1.24 bits per heavy atom. The number of rotatable bonds is 7. The number of methoxy groups -OCH3 is 1. The molecule has 2 aromatic carbocycles. The van der Waals surface area contributed by atoms with Crippen molar-refractivity contribution in [2.45, 2.75) is 18.9 Å². The highest BCUT2D eigenvalue weighted by atomic mass is 19.1. The third-order valence-electron chi connectivity index (χ3n) is 4.90. The van der Waals surface area contributed by atoms with E-state index < -0.39 is 11.9 Å². The van der Waals surface area contributed by atoms with Crippen molar-refractivity contribution in [3.63, 3.8) is 0 Å². The van der Waals surface area contributed by atoms with Gasteiger partial charge in [0.1, 0.15) is 11.9 Å². The number of fused-ring (bicyclic) bond motifs is 3. The van der Waals surface area contributed by atoms with Gasteiger partial charge in [0.25, 0.3) is 5.91 Å². The number of nitrogens with zero attached hydrogens (tertiary/aromatic N) is 3. The molecule has 2 heterocycles. The number of aromatic nitrogens is 2. The number of carbonyl (C=O) groups excluding carboxylic acids is 2. The fourth-order valence-corrected chi connectivity index (χ4v) is 3.63. The van der Waals surface area contributed by atoms with Crippen LogP contribution in [-0.2, 0) is 14.3 Å². The van der Waals surface area contributed by atoms with Gasteiger partial charge in [-0.3, -0.25) is 19.1 Å². The second-order valence-corrected chi connectivity index (χ2v) is 6.89. The summed E-state index contributed by atoms with van der Waals surface area (Å²) in [6.07, 6.45) is 0.594. The van der Waals surface area contributed by atoms with E-state index in [4.69, 9.17) is 4.74 Å². The fraction of sp³-hybridized carbons (Fsp3) is 0.286. The number of para-hydroxylation sites is 2. The van der Waals surface area contributed by atoms with Gasteiger partial charge in [-0.05, 0) is 36.8 Å². The van der Waals surface area contributed by atoms with E-state index in [1.54, 1.807) is 18.1 Å². The minimum absolute atomic E-state index is 0.0660. The molecule has 150 valence electrons. The van der Waals surface area contributed by atoms with Crippen LogP contribution in [-0.4, -0.2) is 41.6 Å². The van der Waals surface area contributed by atoms with Gasteiger partial charge in [-0.2, -0.15) is 0 Å². The van der Waals surface area contributed by atoms with E-state index in [9.17, 15) is 14.0 Å². The SMILES string of the molecule is COCCCN1C(=O)C(CC(=O)Nc2cccc(F)c2)n2c1nc1ccccc12. The summed E-state index contributed by atoms with van der Waals surface area (Å²) in [5.74, 6) is -0.442. The average Bonchev–Trinajstić information content (AvgIpc) is 3.18. The van der Waals surface area contributed by atoms with Crippen molar-refractivity contribution in [3.8, 4) is 0 Å². The van der Waals surface area contributed by atoms with E-state index in [2.05, 4.69) is 10.3 Å². The van der Waals surface area contributed by atoms with Crippen LogP contribution in [0, 0.1) is 5.82 Å². The first-order valence-electron chi connectivity index (χ1n) is 9.41. The summed E-state index contributed by atoms with van der Waals surface area (Å²) < 4.78 is 20.3. The third kappa shape index (κ3) is 3.71. The van der Waals surface area contributed by atoms with Gasteiger partial charge in [0, 0.05) is 25.9 Å². The van der Waals surface area contributed by atoms with Crippen LogP contribution in [0.3, 0.4) is 0 Å². The van der Waals surface area contributed by atoms with Gasteiger partial charge in [-0.15, -0.1) is 0 Å². The Balaban J connectivity index is 1.61. The van der Waals surface area contributed by atoms with Crippen molar-refractivity contribution in [1.82, 2.24) is 9.55 Å². The largest absolute Gasteiger partial charge is 0.385 e. The third-order valence-corrected chi connectivity index (χ3v) is 4.90. The predicted molar refractivity (Wildman–Crippen MR) is 107 cm³/mol. The molecule has 0 radical (unpaired) electrons. The molecule has 0 saturated carbocycles. The quantitative estimate of drug-likeness (QED) is 0.623. The maximum Gasteiger partial charge on any atom is 0.253 e. The Hall–Kier alpha value is -3.26. The first-order chi connectivity index (χ1) is 14.1. The van der Waals surface area contributed by atoms with Crippen molar-refractivity contribution in [2.75, 3.05) is 30.5 Å². The second-order valence-electron chi connectivity index (χ2n) is 6.89. The molecular formula is C21H21FN4O3. The molecule has 1 aliphatic heterocycles. The summed E-state index contributed by atoms with van der Waals surface area (Å²) >= 11 is 0. The van der Waals surface area contributed by atoms with Gasteiger partial charge in [0.15, 0.2) is 0 Å². The molecule has 0 aliphatic carbocycles. The van der Waals surface area contributed by atoms with E-state index in [0.717, 1.165) is 11.0 Å². The summed E-state index contributed by atoms with van der Waals surface area (Å²) in [4.78, 5) is 31.9. The molecule has 0 bridgehead atoms. The molecule has 8 heteroatoms. The highest BCUT2D eigenvalue weighted by Crippen LogP contribution is 2.36. The number of anilines is 2. The Morgan fingerprint density at radius 2 is 2.07 bits per heavy atom. The molecular weight excluding hydrogens is 375 g/mol. The van der Waals surface area contributed by atoms with Crippen molar-refractivity contribution >= 4 is 34.5 Å². The minimum Gasteiger partial charge on any atom is -0.385 e. The van der Waals surface area contributed by atoms with E-state index in [1.807, 2.05) is 28.8 Å². The average molecular weight is 396 g/mol. The number of imidazole rings is 1. The second kappa shape index (κ2) is 8.00. The molecule has 1 aromatic heterocycles. The van der Waals surface area contributed by atoms with E-state index in [0.29, 0.717) is 31.2 Å². The topological polar surface area (TPSA) is 76.5 Å². The lowest BCUT2D eigenvalue weighted by Crippen LogP contribution is -2.32. The van der Waals surface area contributed by atoms with E-state index >= 15 is 0 Å². The number of amides is 2. The van der Waals surface area contributed by atoms with Gasteiger partial charge < -0.3 is 10.1 Å². The minimum atomic E-state index is -0.700. The predicted octanol–water partition coefficient (Wildman–Crippen LogP) is 3.13. The molecule has 1 aliphatic rings. The number of halogens is 1. The highest BCUT2D eigenvalue weighted by Gasteiger charge is 2.40. The van der Waals surface area contributed by atoms with Gasteiger partial charge in [0.2, 0.25) is 11.9 Å². The van der Waals surface area contributed by atoms with Crippen molar-refractivity contribution in [1.29, 1.82) is 0 Å². The molecule has 29 heavy (non-hydrogen) atoms. The van der Waals surface area contributed by atoms with E-state index in [1.165, 1.54) is 18.2 Å². The molecule has 1 N–H and O–H groups in total. The van der Waals surface area contributed by atoms with Crippen LogP contribution in [0.4, 0.5) is 16.0 Å². The standard InChI is InChI=1S/C21H21FN4O3/c1-29-11-5-10-25-20(28)18(13-19(27)23-15-7-4-6-14(22)12-15)26-17-9-3-2-8-16(17)24-21(25)26/h2-4,6-9,12,18H,5,10-11,13H2,1H3,(H,23,27). The van der Waals surface area contributed by atoms with Crippen LogP contribution < -0.4 is 10.2 Å². The van der Waals surface area contributed by atoms with Gasteiger partial charge >= 0.3 is 0 Å². The summed E-state index contributed by atoms with van der Waals surface area (Å²) in [5, 5.41) is 2.66. The molecule has 4 rings (SSSR count). The number of hydrogen-bond donors (Lipinski definition) is 1. The Kier molecular flexibility index (Phi) is 5.26. The molecule has 7 nitrogen and oxygen atoms in total. The van der Waals surface area contributed by atoms with Crippen LogP contribution in [0.15, 0.2) is 48.5 Å². The normalized spacial score (nSPS) is 15.7. The van der Waals surface area contributed by atoms with Crippen molar-refractivity contribution in [3.05, 3.63) is 54.3 Å². The van der Waals surface area contributed by atoms with E-state index in [-0.39, 0.29) is 18.2 Å². The molecule has 3 aromatic rings. The fourth-order valence-electron chi connectivity index (χ4n) is 3.63. The summed E-state index contributed by atoms with van der Waals surface area (Å²) in [7, 11) is 1.61. The number of hydrogen-bond acceptors (Lipinski definition) is 4. The molecule has 0 saturated heterocycles. The Labute approximate surface area is 167 Å². The lowest BCUT2D eigenvalue weighted by Gasteiger charge is -2.15. The maximum absolute atomic E-state index is 13.4. The van der Waals surface area contributed by atoms with Crippen molar-refractivity contribution < 1.29 is 18.7 Å². The number of benzene rings is 2. The Bertz CT molecular complexity index is 1070. The van der Waals surface area contributed by atoms with Crippen molar-refractivity contribution in [2.24, 2.45) is 0 Å². The van der Waals surface area contributed by atoms with Crippen LogP contribution in [0.2, 0.25) is 0 Å². The zero-order valence-corrected chi connectivity index (χ0v) is 16.0. The van der Waals surface area contributed by atoms with Crippen LogP contribution >= 0.6 is 0 Å². The number of carbonyl (C=O) groups is 2. The zero-order valence-electron chi connectivity index (χ0n) is 16.0. The molecule has 2 amide bonds. The van der Waals surface area contributed by atoms with Gasteiger partial charge in [-0.1, -0.05) is 18.2 Å². The lowest BCUT2D eigenvalue weighted by atomic mass is 10.1. The molecule has 1 atom stereocenters. The van der Waals surface area contributed by atoms with Gasteiger partial charge in [0.05, 0.1) is 17.5 Å². The van der Waals surface area contributed by atoms with Crippen LogP contribution in [0.5, 0.6) is 0 Å².